The van der Waals surface area contributed by atoms with Gasteiger partial charge in [0.25, 0.3) is 0 Å². The molecule has 0 aromatic heterocycles. The largest absolute Gasteiger partial charge is 0.772 e. The van der Waals surface area contributed by atoms with Crippen LogP contribution < -0.4 is 15.8 Å². The molecule has 1 unspecified atom stereocenters. The molecule has 0 spiro atoms. The lowest BCUT2D eigenvalue weighted by Crippen LogP contribution is -2.34. The van der Waals surface area contributed by atoms with E-state index < -0.39 is 11.1 Å². The number of hydrogen-bond acceptors (Lipinski definition) is 5. The molecule has 1 aliphatic heterocycles. The van der Waals surface area contributed by atoms with Gasteiger partial charge in [0.1, 0.15) is 5.82 Å². The maximum atomic E-state index is 13.9. The third-order valence-corrected chi connectivity index (χ3v) is 8.28. The first-order valence-corrected chi connectivity index (χ1v) is 14.2. The maximum absolute atomic E-state index is 13.9. The lowest BCUT2D eigenvalue weighted by atomic mass is 9.71. The average molecular weight is 538 g/mol. The monoisotopic (exact) mass is 537 g/mol. The number of nitrogens with one attached hydrogen (secondary N) is 1. The van der Waals surface area contributed by atoms with Gasteiger partial charge in [-0.15, -0.1) is 0 Å². The van der Waals surface area contributed by atoms with Gasteiger partial charge < -0.3 is 9.87 Å². The highest BCUT2D eigenvalue weighted by Gasteiger charge is 2.34. The molecule has 0 bridgehead atoms. The van der Waals surface area contributed by atoms with Gasteiger partial charge in [-0.2, -0.15) is 0 Å². The molecule has 0 amide bonds. The van der Waals surface area contributed by atoms with Crippen LogP contribution in [0.15, 0.2) is 101 Å². The van der Waals surface area contributed by atoms with Crippen molar-refractivity contribution in [3.05, 3.63) is 129 Å². The second-order valence-corrected chi connectivity index (χ2v) is 11.0. The van der Waals surface area contributed by atoms with Gasteiger partial charge in [0.2, 0.25) is 0 Å². The minimum atomic E-state index is -2.15. The Morgan fingerprint density at radius 1 is 1.13 bits per heavy atom. The first-order chi connectivity index (χ1) is 18.9. The van der Waals surface area contributed by atoms with Crippen molar-refractivity contribution in [1.82, 2.24) is 5.32 Å². The Balaban J connectivity index is 1.62. The third-order valence-electron chi connectivity index (χ3n) is 7.74. The van der Waals surface area contributed by atoms with Crippen LogP contribution in [-0.2, 0) is 11.1 Å². The molecule has 0 radical (unpaired) electrons. The number of halogens is 1. The van der Waals surface area contributed by atoms with Crippen LogP contribution in [0.25, 0.3) is 11.1 Å². The fourth-order valence-electron chi connectivity index (χ4n) is 5.99. The summed E-state index contributed by atoms with van der Waals surface area (Å²) in [5.74, 6) is -0.422. The van der Waals surface area contributed by atoms with Crippen LogP contribution in [0.3, 0.4) is 0 Å². The van der Waals surface area contributed by atoms with Gasteiger partial charge in [-0.1, -0.05) is 60.5 Å². The van der Waals surface area contributed by atoms with Crippen molar-refractivity contribution in [2.24, 2.45) is 4.99 Å². The van der Waals surface area contributed by atoms with E-state index in [0.29, 0.717) is 18.4 Å². The van der Waals surface area contributed by atoms with Crippen molar-refractivity contribution >= 4 is 34.2 Å². The molecule has 0 fully saturated rings. The summed E-state index contributed by atoms with van der Waals surface area (Å²) >= 11 is -2.15. The molecule has 0 saturated carbocycles. The molecule has 3 aliphatic carbocycles. The van der Waals surface area contributed by atoms with Crippen LogP contribution in [0.2, 0.25) is 0 Å². The molecule has 1 N–H and O–H groups in total. The van der Waals surface area contributed by atoms with E-state index in [1.165, 1.54) is 12.1 Å². The lowest BCUT2D eigenvalue weighted by molar-refractivity contribution is 0.104. The topological polar surface area (TPSA) is 81.6 Å². The predicted octanol–water partition coefficient (Wildman–Crippen LogP) is 4.34. The van der Waals surface area contributed by atoms with Crippen molar-refractivity contribution in [3.8, 4) is 0 Å². The van der Waals surface area contributed by atoms with Gasteiger partial charge in [-0.25, -0.2) is 4.39 Å². The van der Waals surface area contributed by atoms with Gasteiger partial charge in [0, 0.05) is 41.1 Å². The van der Waals surface area contributed by atoms with Gasteiger partial charge in [-0.3, -0.25) is 14.0 Å². The van der Waals surface area contributed by atoms with Gasteiger partial charge in [0.05, 0.1) is 11.9 Å². The highest BCUT2D eigenvalue weighted by atomic mass is 32.2. The van der Waals surface area contributed by atoms with E-state index in [2.05, 4.69) is 23.3 Å². The fourth-order valence-corrected chi connectivity index (χ4v) is 6.38. The number of aliphatic imine (C=N–C) groups is 1. The van der Waals surface area contributed by atoms with E-state index in [9.17, 15) is 17.9 Å². The molecular formula is C32H26FN2O3S-. The van der Waals surface area contributed by atoms with Gasteiger partial charge in [0.15, 0.2) is 5.78 Å². The first kappa shape index (κ1) is 25.3. The Bertz CT molecular complexity index is 1730. The zero-order valence-electron chi connectivity index (χ0n) is 21.3. The van der Waals surface area contributed by atoms with E-state index in [4.69, 9.17) is 0 Å². The number of nitrogens with zero attached hydrogens (tertiary/aromatic N) is 1. The van der Waals surface area contributed by atoms with E-state index in [0.717, 1.165) is 49.6 Å². The Morgan fingerprint density at radius 3 is 2.72 bits per heavy atom. The van der Waals surface area contributed by atoms with E-state index in [1.54, 1.807) is 18.5 Å². The summed E-state index contributed by atoms with van der Waals surface area (Å²) in [4.78, 5) is 18.3. The molecule has 5 nitrogen and oxygen atoms in total. The minimum absolute atomic E-state index is 0.00969. The second kappa shape index (κ2) is 10.3. The van der Waals surface area contributed by atoms with E-state index in [-0.39, 0.29) is 29.2 Å². The predicted molar refractivity (Wildman–Crippen MR) is 152 cm³/mol. The van der Waals surface area contributed by atoms with Crippen molar-refractivity contribution in [2.45, 2.75) is 31.6 Å². The van der Waals surface area contributed by atoms with E-state index >= 15 is 0 Å². The molecule has 3 atom stereocenters. The molecular weight excluding hydrogens is 511 g/mol. The Hall–Kier alpha value is -3.94. The van der Waals surface area contributed by atoms with Gasteiger partial charge in [-0.05, 0) is 75.4 Å². The summed E-state index contributed by atoms with van der Waals surface area (Å²) in [7, 11) is 0. The van der Waals surface area contributed by atoms with Crippen molar-refractivity contribution in [1.29, 1.82) is 0 Å². The van der Waals surface area contributed by atoms with Crippen LogP contribution in [0.4, 0.5) is 4.39 Å². The molecule has 2 aromatic carbocycles. The number of rotatable bonds is 5. The molecule has 2 aromatic rings. The standard InChI is InChI=1S/C32H27FN2O3S/c1-19-3-4-21(13-16-39(37)38)23-10-12-26-31-24(20-5-7-22(33)8-6-20)9-11-25(28-18-34-14-2-15-35-28)27(31)17-29(36)32(26)30(19)23/h2-8,10-12,14-15,17-19,24,35H,9,13,16H2,1H3,(H,37,38)/p-1/t19-,24-/m0/s1. The normalized spacial score (nSPS) is 22.1. The molecule has 39 heavy (non-hydrogen) atoms. The summed E-state index contributed by atoms with van der Waals surface area (Å²) in [5, 5.41) is 5.08. The minimum Gasteiger partial charge on any atom is -0.772 e. The van der Waals surface area contributed by atoms with Crippen molar-refractivity contribution in [3.63, 3.8) is 0 Å². The lowest BCUT2D eigenvalue weighted by Gasteiger charge is -2.33. The van der Waals surface area contributed by atoms with Crippen molar-refractivity contribution in [2.75, 3.05) is 5.75 Å². The second-order valence-electron chi connectivity index (χ2n) is 10.0. The Kier molecular flexibility index (Phi) is 6.71. The molecule has 1 heterocycles. The van der Waals surface area contributed by atoms with E-state index in [1.807, 2.05) is 48.7 Å². The third kappa shape index (κ3) is 4.62. The molecule has 4 aliphatic rings. The zero-order chi connectivity index (χ0) is 27.1. The Morgan fingerprint density at radius 2 is 1.92 bits per heavy atom. The van der Waals surface area contributed by atoms with Crippen LogP contribution >= 0.6 is 0 Å². The SMILES string of the molecule is C[C@H]1C=CC(CCS(=O)[O-])=c2ccc3c(c21)C(=O)C=C1C(C2=CN=CC=CN2)=CC[C@@H](c2ccc(F)cc2)C=31. The van der Waals surface area contributed by atoms with Crippen molar-refractivity contribution < 1.29 is 17.9 Å². The summed E-state index contributed by atoms with van der Waals surface area (Å²) in [6, 6.07) is 10.6. The van der Waals surface area contributed by atoms with Crippen LogP contribution in [-0.4, -0.2) is 26.5 Å². The summed E-state index contributed by atoms with van der Waals surface area (Å²) in [5.41, 5.74) is 7.06. The van der Waals surface area contributed by atoms with Gasteiger partial charge >= 0.3 is 0 Å². The Labute approximate surface area is 228 Å². The molecule has 196 valence electrons. The zero-order valence-corrected chi connectivity index (χ0v) is 22.1. The quantitative estimate of drug-likeness (QED) is 0.576. The van der Waals surface area contributed by atoms with Crippen LogP contribution in [0.5, 0.6) is 0 Å². The summed E-state index contributed by atoms with van der Waals surface area (Å²) in [6.07, 6.45) is 16.0. The maximum Gasteiger partial charge on any atom is 0.187 e. The summed E-state index contributed by atoms with van der Waals surface area (Å²) in [6.45, 7) is 2.06. The number of fused-ring (bicyclic) bond motifs is 4. The highest BCUT2D eigenvalue weighted by Crippen LogP contribution is 2.44. The molecule has 6 rings (SSSR count). The number of carbonyl (C=O) groups is 1. The molecule has 0 saturated heterocycles. The van der Waals surface area contributed by atoms with Crippen LogP contribution in [0.1, 0.15) is 53.1 Å². The number of allylic oxidation sites excluding steroid dienone is 6. The number of ketones is 1. The van der Waals surface area contributed by atoms with Crippen LogP contribution in [0, 0.1) is 5.82 Å². The average Bonchev–Trinajstić information content (AvgIpc) is 3.22. The smallest absolute Gasteiger partial charge is 0.187 e. The highest BCUT2D eigenvalue weighted by molar-refractivity contribution is 7.79. The fraction of sp³-hybridized carbons (Fsp3) is 0.188. The number of benzene rings is 2. The molecule has 7 heteroatoms. The summed E-state index contributed by atoms with van der Waals surface area (Å²) < 4.78 is 36.4. The number of carbonyl (C=O) groups excluding carboxylic acids is 1. The first-order valence-electron chi connectivity index (χ1n) is 12.9. The number of hydrogen-bond donors (Lipinski definition) is 1.